The molecule has 1 fully saturated rings. The van der Waals surface area contributed by atoms with Gasteiger partial charge >= 0.3 is 0 Å². The number of benzene rings is 1. The van der Waals surface area contributed by atoms with Crippen LogP contribution in [0.4, 0.5) is 0 Å². The fraction of sp³-hybridized carbons (Fsp3) is 0.556. The molecular formula is C18H23NO. The van der Waals surface area contributed by atoms with Crippen molar-refractivity contribution in [2.75, 3.05) is 0 Å². The van der Waals surface area contributed by atoms with E-state index in [1.165, 1.54) is 6.42 Å². The number of aldehydes is 1. The maximum absolute atomic E-state index is 11.7. The number of hydrogen-bond acceptors (Lipinski definition) is 2. The fourth-order valence-corrected chi connectivity index (χ4v) is 3.81. The Balaban J connectivity index is 2.32. The number of nitrogens with zero attached hydrogens (tertiary/aromatic N) is 1. The molecule has 3 unspecified atom stereocenters. The van der Waals surface area contributed by atoms with Crippen molar-refractivity contribution >= 4 is 6.29 Å². The van der Waals surface area contributed by atoms with Gasteiger partial charge in [0.05, 0.1) is 11.6 Å². The molecule has 1 aromatic carbocycles. The van der Waals surface area contributed by atoms with Gasteiger partial charge in [-0.05, 0) is 67.2 Å². The van der Waals surface area contributed by atoms with Crippen molar-refractivity contribution in [3.63, 3.8) is 0 Å². The van der Waals surface area contributed by atoms with Crippen LogP contribution in [0.3, 0.4) is 0 Å². The third-order valence-electron chi connectivity index (χ3n) is 4.64. The highest BCUT2D eigenvalue weighted by Crippen LogP contribution is 2.41. The molecule has 1 aromatic rings. The lowest BCUT2D eigenvalue weighted by atomic mass is 9.69. The molecule has 0 saturated heterocycles. The summed E-state index contributed by atoms with van der Waals surface area (Å²) in [4.78, 5) is 11.7. The molecule has 106 valence electrons. The van der Waals surface area contributed by atoms with E-state index in [0.29, 0.717) is 23.3 Å². The quantitative estimate of drug-likeness (QED) is 0.771. The lowest BCUT2D eigenvalue weighted by Gasteiger charge is -2.35. The van der Waals surface area contributed by atoms with E-state index in [0.717, 1.165) is 30.3 Å². The predicted molar refractivity (Wildman–Crippen MR) is 80.4 cm³/mol. The van der Waals surface area contributed by atoms with Gasteiger partial charge in [-0.1, -0.05) is 19.9 Å². The summed E-state index contributed by atoms with van der Waals surface area (Å²) in [6.45, 7) is 6.59. The van der Waals surface area contributed by atoms with Gasteiger partial charge in [0.1, 0.15) is 6.29 Å². The molecular weight excluding hydrogens is 246 g/mol. The van der Waals surface area contributed by atoms with Gasteiger partial charge < -0.3 is 4.79 Å². The molecule has 0 radical (unpaired) electrons. The standard InChI is InChI=1S/C18H23NO/c1-12-6-13(2)8-16(7-12)18(11-20)17-9-15(10-19)5-4-14(17)3/h4-5,9,11-13,16,18H,6-8H2,1-3H3. The Morgan fingerprint density at radius 1 is 1.25 bits per heavy atom. The first kappa shape index (κ1) is 14.8. The lowest BCUT2D eigenvalue weighted by Crippen LogP contribution is -2.26. The molecule has 0 amide bonds. The Morgan fingerprint density at radius 3 is 2.45 bits per heavy atom. The van der Waals surface area contributed by atoms with E-state index in [2.05, 4.69) is 19.9 Å². The Hall–Kier alpha value is -1.62. The van der Waals surface area contributed by atoms with Gasteiger partial charge in [0.2, 0.25) is 0 Å². The van der Waals surface area contributed by atoms with Crippen molar-refractivity contribution < 1.29 is 4.79 Å². The van der Waals surface area contributed by atoms with Gasteiger partial charge in [0.25, 0.3) is 0 Å². The summed E-state index contributed by atoms with van der Waals surface area (Å²) in [6, 6.07) is 7.86. The van der Waals surface area contributed by atoms with E-state index >= 15 is 0 Å². The van der Waals surface area contributed by atoms with Crippen LogP contribution >= 0.6 is 0 Å². The summed E-state index contributed by atoms with van der Waals surface area (Å²) < 4.78 is 0. The summed E-state index contributed by atoms with van der Waals surface area (Å²) in [5.41, 5.74) is 2.81. The Bertz CT molecular complexity index is 519. The second kappa shape index (κ2) is 6.22. The zero-order valence-corrected chi connectivity index (χ0v) is 12.6. The van der Waals surface area contributed by atoms with Gasteiger partial charge in [-0.3, -0.25) is 0 Å². The number of rotatable bonds is 3. The highest BCUT2D eigenvalue weighted by molar-refractivity contribution is 5.64. The maximum Gasteiger partial charge on any atom is 0.127 e. The SMILES string of the molecule is Cc1ccc(C#N)cc1C(C=O)C1CC(C)CC(C)C1. The summed E-state index contributed by atoms with van der Waals surface area (Å²) in [5, 5.41) is 9.06. The van der Waals surface area contributed by atoms with E-state index in [9.17, 15) is 4.79 Å². The number of carbonyl (C=O) groups is 1. The van der Waals surface area contributed by atoms with Crippen LogP contribution in [0, 0.1) is 36.0 Å². The lowest BCUT2D eigenvalue weighted by molar-refractivity contribution is -0.110. The molecule has 0 aliphatic heterocycles. The number of carbonyl (C=O) groups excluding carboxylic acids is 1. The second-order valence-corrected chi connectivity index (χ2v) is 6.52. The summed E-state index contributed by atoms with van der Waals surface area (Å²) >= 11 is 0. The van der Waals surface area contributed by atoms with E-state index in [4.69, 9.17) is 5.26 Å². The minimum Gasteiger partial charge on any atom is -0.303 e. The number of nitriles is 1. The van der Waals surface area contributed by atoms with E-state index in [1.807, 2.05) is 25.1 Å². The molecule has 20 heavy (non-hydrogen) atoms. The van der Waals surface area contributed by atoms with Crippen LogP contribution in [0.25, 0.3) is 0 Å². The van der Waals surface area contributed by atoms with Crippen LogP contribution in [-0.4, -0.2) is 6.29 Å². The average Bonchev–Trinajstić information content (AvgIpc) is 2.40. The Morgan fingerprint density at radius 2 is 1.90 bits per heavy atom. The van der Waals surface area contributed by atoms with E-state index < -0.39 is 0 Å². The zero-order valence-electron chi connectivity index (χ0n) is 12.6. The Kier molecular flexibility index (Phi) is 4.60. The van der Waals surface area contributed by atoms with Crippen LogP contribution in [-0.2, 0) is 4.79 Å². The largest absolute Gasteiger partial charge is 0.303 e. The van der Waals surface area contributed by atoms with E-state index in [1.54, 1.807) is 0 Å². The first-order valence-corrected chi connectivity index (χ1v) is 7.51. The van der Waals surface area contributed by atoms with Crippen LogP contribution in [0.15, 0.2) is 18.2 Å². The van der Waals surface area contributed by atoms with Crippen LogP contribution in [0.1, 0.15) is 55.7 Å². The molecule has 2 heteroatoms. The first-order valence-electron chi connectivity index (χ1n) is 7.51. The van der Waals surface area contributed by atoms with Crippen molar-refractivity contribution in [3.8, 4) is 6.07 Å². The smallest absolute Gasteiger partial charge is 0.127 e. The highest BCUT2D eigenvalue weighted by atomic mass is 16.1. The molecule has 2 nitrogen and oxygen atoms in total. The fourth-order valence-electron chi connectivity index (χ4n) is 3.81. The van der Waals surface area contributed by atoms with E-state index in [-0.39, 0.29) is 5.92 Å². The molecule has 3 atom stereocenters. The first-order chi connectivity index (χ1) is 9.55. The summed E-state index contributed by atoms with van der Waals surface area (Å²) in [6.07, 6.45) is 4.59. The van der Waals surface area contributed by atoms with Crippen LogP contribution < -0.4 is 0 Å². The van der Waals surface area contributed by atoms with Crippen molar-refractivity contribution in [2.24, 2.45) is 17.8 Å². The van der Waals surface area contributed by atoms with Gasteiger partial charge in [0, 0.05) is 5.92 Å². The zero-order chi connectivity index (χ0) is 14.7. The summed E-state index contributed by atoms with van der Waals surface area (Å²) in [5.74, 6) is 1.73. The minimum atomic E-state index is -0.0616. The third kappa shape index (κ3) is 3.10. The molecule has 0 N–H and O–H groups in total. The van der Waals surface area contributed by atoms with Crippen molar-refractivity contribution in [3.05, 3.63) is 34.9 Å². The molecule has 0 heterocycles. The normalized spacial score (nSPS) is 27.6. The topological polar surface area (TPSA) is 40.9 Å². The Labute approximate surface area is 121 Å². The van der Waals surface area contributed by atoms with Crippen LogP contribution in [0.2, 0.25) is 0 Å². The highest BCUT2D eigenvalue weighted by Gasteiger charge is 2.31. The van der Waals surface area contributed by atoms with Crippen molar-refractivity contribution in [2.45, 2.75) is 46.0 Å². The number of hydrogen-bond donors (Lipinski definition) is 0. The van der Waals surface area contributed by atoms with Crippen molar-refractivity contribution in [1.82, 2.24) is 0 Å². The minimum absolute atomic E-state index is 0.0616. The maximum atomic E-state index is 11.7. The second-order valence-electron chi connectivity index (χ2n) is 6.52. The third-order valence-corrected chi connectivity index (χ3v) is 4.64. The van der Waals surface area contributed by atoms with Crippen molar-refractivity contribution in [1.29, 1.82) is 5.26 Å². The van der Waals surface area contributed by atoms with Gasteiger partial charge in [0.15, 0.2) is 0 Å². The molecule has 1 saturated carbocycles. The molecule has 1 aliphatic carbocycles. The average molecular weight is 269 g/mol. The molecule has 0 spiro atoms. The monoisotopic (exact) mass is 269 g/mol. The molecule has 2 rings (SSSR count). The molecule has 1 aliphatic rings. The van der Waals surface area contributed by atoms with Crippen LogP contribution in [0.5, 0.6) is 0 Å². The predicted octanol–water partition coefficient (Wildman–Crippen LogP) is 4.22. The summed E-state index contributed by atoms with van der Waals surface area (Å²) in [7, 11) is 0. The molecule has 0 bridgehead atoms. The molecule has 0 aromatic heterocycles. The number of aryl methyl sites for hydroxylation is 1. The van der Waals surface area contributed by atoms with Gasteiger partial charge in [-0.2, -0.15) is 5.26 Å². The van der Waals surface area contributed by atoms with Gasteiger partial charge in [-0.15, -0.1) is 0 Å². The van der Waals surface area contributed by atoms with Gasteiger partial charge in [-0.25, -0.2) is 0 Å².